The van der Waals surface area contributed by atoms with Crippen LogP contribution in [0, 0.1) is 0 Å². The van der Waals surface area contributed by atoms with Crippen LogP contribution < -0.4 is 0 Å². The average Bonchev–Trinajstić information content (AvgIpc) is 2.82. The lowest BCUT2D eigenvalue weighted by molar-refractivity contribution is 0.0252. The fourth-order valence-corrected chi connectivity index (χ4v) is 5.71. The Labute approximate surface area is 137 Å². The van der Waals surface area contributed by atoms with Crippen molar-refractivity contribution in [3.05, 3.63) is 29.8 Å². The van der Waals surface area contributed by atoms with E-state index in [-0.39, 0.29) is 29.3 Å². The van der Waals surface area contributed by atoms with Gasteiger partial charge in [-0.3, -0.25) is 9.80 Å². The number of nitrogens with zero attached hydrogens (tertiary/aromatic N) is 2. The van der Waals surface area contributed by atoms with E-state index < -0.39 is 9.84 Å². The van der Waals surface area contributed by atoms with E-state index >= 15 is 0 Å². The number of aromatic hydroxyl groups is 1. The summed E-state index contributed by atoms with van der Waals surface area (Å²) in [5, 5.41) is 9.62. The largest absolute Gasteiger partial charge is 0.508 e. The third kappa shape index (κ3) is 3.85. The minimum Gasteiger partial charge on any atom is -0.508 e. The summed E-state index contributed by atoms with van der Waals surface area (Å²) in [6.07, 6.45) is 0. The number of benzene rings is 1. The Hall–Kier alpha value is -1.15. The van der Waals surface area contributed by atoms with Gasteiger partial charge < -0.3 is 9.84 Å². The first-order chi connectivity index (χ1) is 11.0. The number of rotatable bonds is 5. The molecule has 0 bridgehead atoms. The Balaban J connectivity index is 1.75. The summed E-state index contributed by atoms with van der Waals surface area (Å²) in [5.41, 5.74) is 1.01. The fourth-order valence-electron chi connectivity index (χ4n) is 3.67. The summed E-state index contributed by atoms with van der Waals surface area (Å²) in [7, 11) is -1.33. The van der Waals surface area contributed by atoms with Crippen molar-refractivity contribution < 1.29 is 18.3 Å². The van der Waals surface area contributed by atoms with Gasteiger partial charge in [0, 0.05) is 45.4 Å². The van der Waals surface area contributed by atoms with Crippen LogP contribution in [0.25, 0.3) is 0 Å². The van der Waals surface area contributed by atoms with Gasteiger partial charge >= 0.3 is 0 Å². The molecule has 2 heterocycles. The molecular formula is C16H24N2O4S. The van der Waals surface area contributed by atoms with Crippen LogP contribution in [-0.2, 0) is 21.1 Å². The van der Waals surface area contributed by atoms with Crippen molar-refractivity contribution in [3.8, 4) is 5.75 Å². The molecule has 0 radical (unpaired) electrons. The lowest BCUT2D eigenvalue weighted by atomic mass is 10.0. The van der Waals surface area contributed by atoms with Gasteiger partial charge in [0.25, 0.3) is 0 Å². The van der Waals surface area contributed by atoms with E-state index in [2.05, 4.69) is 9.80 Å². The summed E-state index contributed by atoms with van der Waals surface area (Å²) in [6.45, 7) is 3.74. The molecule has 128 valence electrons. The van der Waals surface area contributed by atoms with Crippen LogP contribution in [0.1, 0.15) is 5.56 Å². The Morgan fingerprint density at radius 2 is 1.91 bits per heavy atom. The van der Waals surface area contributed by atoms with Gasteiger partial charge in [-0.25, -0.2) is 8.42 Å². The molecule has 0 amide bonds. The standard InChI is InChI=1S/C16H24N2O4S/c1-22-8-7-17-5-6-18(10-13-3-2-4-14(19)9-13)16-12-23(20,21)11-15(16)17/h2-4,9,15-16,19H,5-8,10-12H2,1H3/t15-,16+/m1/s1. The van der Waals surface area contributed by atoms with Crippen LogP contribution in [0.5, 0.6) is 5.75 Å². The van der Waals surface area contributed by atoms with Gasteiger partial charge in [0.1, 0.15) is 5.75 Å². The number of phenolic OH excluding ortho intramolecular Hbond substituents is 1. The molecule has 2 atom stereocenters. The first kappa shape index (κ1) is 16.7. The van der Waals surface area contributed by atoms with Crippen molar-refractivity contribution in [1.29, 1.82) is 0 Å². The molecular weight excluding hydrogens is 316 g/mol. The predicted octanol–water partition coefficient (Wildman–Crippen LogP) is 0.322. The van der Waals surface area contributed by atoms with E-state index in [4.69, 9.17) is 4.74 Å². The molecule has 0 aliphatic carbocycles. The zero-order valence-electron chi connectivity index (χ0n) is 13.4. The highest BCUT2D eigenvalue weighted by Crippen LogP contribution is 2.28. The van der Waals surface area contributed by atoms with E-state index in [0.29, 0.717) is 13.2 Å². The third-order valence-corrected chi connectivity index (χ3v) is 6.48. The van der Waals surface area contributed by atoms with E-state index in [1.54, 1.807) is 19.2 Å². The summed E-state index contributed by atoms with van der Waals surface area (Å²) < 4.78 is 29.4. The second-order valence-electron chi connectivity index (χ2n) is 6.38. The second kappa shape index (κ2) is 6.76. The highest BCUT2D eigenvalue weighted by atomic mass is 32.2. The van der Waals surface area contributed by atoms with Crippen molar-refractivity contribution >= 4 is 9.84 Å². The molecule has 2 fully saturated rings. The van der Waals surface area contributed by atoms with E-state index in [9.17, 15) is 13.5 Å². The lowest BCUT2D eigenvalue weighted by Crippen LogP contribution is -2.59. The van der Waals surface area contributed by atoms with Crippen molar-refractivity contribution in [2.45, 2.75) is 18.6 Å². The Kier molecular flexibility index (Phi) is 4.91. The molecule has 0 saturated carbocycles. The van der Waals surface area contributed by atoms with Crippen molar-refractivity contribution in [2.24, 2.45) is 0 Å². The average molecular weight is 340 g/mol. The van der Waals surface area contributed by atoms with Gasteiger partial charge in [-0.05, 0) is 17.7 Å². The van der Waals surface area contributed by atoms with Gasteiger partial charge in [-0.15, -0.1) is 0 Å². The van der Waals surface area contributed by atoms with Crippen LogP contribution in [0.3, 0.4) is 0 Å². The van der Waals surface area contributed by atoms with Gasteiger partial charge in [0.2, 0.25) is 0 Å². The monoisotopic (exact) mass is 340 g/mol. The molecule has 3 rings (SSSR count). The van der Waals surface area contributed by atoms with Crippen molar-refractivity contribution in [2.75, 3.05) is 44.9 Å². The maximum atomic E-state index is 12.1. The summed E-state index contributed by atoms with van der Waals surface area (Å²) in [4.78, 5) is 4.49. The SMILES string of the molecule is COCCN1CCN(Cc2cccc(O)c2)[C@H]2CS(=O)(=O)C[C@H]21. The molecule has 1 aromatic rings. The highest BCUT2D eigenvalue weighted by molar-refractivity contribution is 7.91. The summed E-state index contributed by atoms with van der Waals surface area (Å²) >= 11 is 0. The highest BCUT2D eigenvalue weighted by Gasteiger charge is 2.46. The minimum atomic E-state index is -2.99. The third-order valence-electron chi connectivity index (χ3n) is 4.78. The van der Waals surface area contributed by atoms with E-state index in [0.717, 1.165) is 25.2 Å². The van der Waals surface area contributed by atoms with Crippen LogP contribution in [0.4, 0.5) is 0 Å². The molecule has 0 unspecified atom stereocenters. The number of phenols is 1. The number of fused-ring (bicyclic) bond motifs is 1. The smallest absolute Gasteiger partial charge is 0.153 e. The lowest BCUT2D eigenvalue weighted by Gasteiger charge is -2.44. The van der Waals surface area contributed by atoms with Crippen LogP contribution in [0.2, 0.25) is 0 Å². The zero-order valence-corrected chi connectivity index (χ0v) is 14.2. The van der Waals surface area contributed by atoms with Gasteiger partial charge in [0.05, 0.1) is 18.1 Å². The summed E-state index contributed by atoms with van der Waals surface area (Å²) in [5.74, 6) is 0.703. The van der Waals surface area contributed by atoms with Gasteiger partial charge in [0.15, 0.2) is 9.84 Å². The number of hydrogen-bond acceptors (Lipinski definition) is 6. The second-order valence-corrected chi connectivity index (χ2v) is 8.53. The molecule has 2 aliphatic heterocycles. The molecule has 6 nitrogen and oxygen atoms in total. The van der Waals surface area contributed by atoms with Crippen LogP contribution in [0.15, 0.2) is 24.3 Å². The molecule has 2 aliphatic rings. The van der Waals surface area contributed by atoms with E-state index in [1.807, 2.05) is 12.1 Å². The molecule has 1 N–H and O–H groups in total. The van der Waals surface area contributed by atoms with Gasteiger partial charge in [-0.2, -0.15) is 0 Å². The predicted molar refractivity (Wildman–Crippen MR) is 88.2 cm³/mol. The first-order valence-electron chi connectivity index (χ1n) is 7.94. The number of hydrogen-bond donors (Lipinski definition) is 1. The fraction of sp³-hybridized carbons (Fsp3) is 0.625. The first-order valence-corrected chi connectivity index (χ1v) is 9.76. The zero-order chi connectivity index (χ0) is 16.4. The maximum absolute atomic E-state index is 12.1. The van der Waals surface area contributed by atoms with E-state index in [1.165, 1.54) is 0 Å². The van der Waals surface area contributed by atoms with Gasteiger partial charge in [-0.1, -0.05) is 12.1 Å². The topological polar surface area (TPSA) is 70.1 Å². The van der Waals surface area contributed by atoms with Crippen molar-refractivity contribution in [1.82, 2.24) is 9.80 Å². The number of ether oxygens (including phenoxy) is 1. The number of methoxy groups -OCH3 is 1. The summed E-state index contributed by atoms with van der Waals surface area (Å²) in [6, 6.07) is 7.25. The molecule has 0 spiro atoms. The molecule has 2 saturated heterocycles. The normalized spacial score (nSPS) is 27.9. The maximum Gasteiger partial charge on any atom is 0.153 e. The van der Waals surface area contributed by atoms with Crippen LogP contribution >= 0.6 is 0 Å². The Morgan fingerprint density at radius 3 is 2.61 bits per heavy atom. The quantitative estimate of drug-likeness (QED) is 0.833. The molecule has 0 aromatic heterocycles. The minimum absolute atomic E-state index is 0.0213. The van der Waals surface area contributed by atoms with Crippen LogP contribution in [-0.4, -0.2) is 80.3 Å². The Bertz CT molecular complexity index is 649. The number of sulfone groups is 1. The Morgan fingerprint density at radius 1 is 1.22 bits per heavy atom. The number of piperazine rings is 1. The van der Waals surface area contributed by atoms with Crippen molar-refractivity contribution in [3.63, 3.8) is 0 Å². The molecule has 23 heavy (non-hydrogen) atoms. The molecule has 7 heteroatoms. The molecule has 1 aromatic carbocycles.